The number of aliphatic imine (C=N–C) groups is 1. The van der Waals surface area contributed by atoms with Crippen molar-refractivity contribution >= 4 is 17.6 Å². The van der Waals surface area contributed by atoms with Gasteiger partial charge in [-0.15, -0.1) is 0 Å². The van der Waals surface area contributed by atoms with E-state index in [0.717, 1.165) is 43.9 Å². The van der Waals surface area contributed by atoms with Crippen molar-refractivity contribution in [2.75, 3.05) is 33.4 Å². The predicted octanol–water partition coefficient (Wildman–Crippen LogP) is 3.99. The lowest BCUT2D eigenvalue weighted by molar-refractivity contribution is 0.169. The number of methoxy groups -OCH3 is 1. The third-order valence-corrected chi connectivity index (χ3v) is 5.40. The Hall–Kier alpha value is -1.66. The summed E-state index contributed by atoms with van der Waals surface area (Å²) in [6.07, 6.45) is 2.78. The van der Waals surface area contributed by atoms with E-state index in [1.54, 1.807) is 7.11 Å². The molecule has 0 radical (unpaired) electrons. The Morgan fingerprint density at radius 2 is 1.89 bits per heavy atom. The van der Waals surface area contributed by atoms with Crippen LogP contribution in [-0.4, -0.2) is 44.5 Å². The molecule has 28 heavy (non-hydrogen) atoms. The SMILES string of the molecule is CCNC(=NCc1cc(Cl)c(OCC)c(OC)c1)NCC(CC)(CC)CCO. The summed E-state index contributed by atoms with van der Waals surface area (Å²) in [5, 5.41) is 16.6. The highest BCUT2D eigenvalue weighted by Crippen LogP contribution is 2.36. The zero-order valence-electron chi connectivity index (χ0n) is 17.9. The number of aliphatic hydroxyl groups is 1. The van der Waals surface area contributed by atoms with Gasteiger partial charge < -0.3 is 25.2 Å². The molecule has 3 N–H and O–H groups in total. The Bertz CT molecular complexity index is 619. The van der Waals surface area contributed by atoms with Crippen molar-refractivity contribution in [3.8, 4) is 11.5 Å². The number of hydrogen-bond donors (Lipinski definition) is 3. The number of ether oxygens (including phenoxy) is 2. The summed E-state index contributed by atoms with van der Waals surface area (Å²) in [5.41, 5.74) is 1.01. The maximum atomic E-state index is 9.41. The van der Waals surface area contributed by atoms with Gasteiger partial charge >= 0.3 is 0 Å². The van der Waals surface area contributed by atoms with Crippen molar-refractivity contribution in [2.24, 2.45) is 10.4 Å². The third kappa shape index (κ3) is 7.06. The molecule has 1 aromatic rings. The Balaban J connectivity index is 2.93. The van der Waals surface area contributed by atoms with Crippen LogP contribution in [0.2, 0.25) is 5.02 Å². The number of rotatable bonds is 12. The lowest BCUT2D eigenvalue weighted by Gasteiger charge is -2.32. The first-order chi connectivity index (χ1) is 13.5. The fourth-order valence-corrected chi connectivity index (χ4v) is 3.40. The van der Waals surface area contributed by atoms with Crippen LogP contribution in [0.3, 0.4) is 0 Å². The van der Waals surface area contributed by atoms with Crippen LogP contribution in [0.15, 0.2) is 17.1 Å². The number of hydrogen-bond acceptors (Lipinski definition) is 4. The van der Waals surface area contributed by atoms with Crippen LogP contribution < -0.4 is 20.1 Å². The minimum atomic E-state index is 0.0661. The summed E-state index contributed by atoms with van der Waals surface area (Å²) in [5.74, 6) is 1.91. The van der Waals surface area contributed by atoms with Crippen LogP contribution in [0.4, 0.5) is 0 Å². The molecule has 0 fully saturated rings. The van der Waals surface area contributed by atoms with Gasteiger partial charge in [0.25, 0.3) is 0 Å². The van der Waals surface area contributed by atoms with E-state index in [9.17, 15) is 5.11 Å². The van der Waals surface area contributed by atoms with E-state index >= 15 is 0 Å². The van der Waals surface area contributed by atoms with Crippen molar-refractivity contribution in [1.29, 1.82) is 0 Å². The molecule has 0 aromatic heterocycles. The number of benzene rings is 1. The number of nitrogens with one attached hydrogen (secondary N) is 2. The summed E-state index contributed by atoms with van der Waals surface area (Å²) in [4.78, 5) is 4.68. The Labute approximate surface area is 174 Å². The summed E-state index contributed by atoms with van der Waals surface area (Å²) >= 11 is 6.35. The van der Waals surface area contributed by atoms with Gasteiger partial charge in [0, 0.05) is 19.7 Å². The van der Waals surface area contributed by atoms with E-state index < -0.39 is 0 Å². The number of nitrogens with zero attached hydrogens (tertiary/aromatic N) is 1. The summed E-state index contributed by atoms with van der Waals surface area (Å²) < 4.78 is 11.0. The Kier molecular flexibility index (Phi) is 11.1. The number of guanidine groups is 1. The van der Waals surface area contributed by atoms with Crippen molar-refractivity contribution in [1.82, 2.24) is 10.6 Å². The fourth-order valence-electron chi connectivity index (χ4n) is 3.11. The highest BCUT2D eigenvalue weighted by Gasteiger charge is 2.25. The van der Waals surface area contributed by atoms with Gasteiger partial charge in [-0.1, -0.05) is 25.4 Å². The molecule has 1 aromatic carbocycles. The van der Waals surface area contributed by atoms with Crippen LogP contribution >= 0.6 is 11.6 Å². The molecule has 0 unspecified atom stereocenters. The van der Waals surface area contributed by atoms with E-state index in [4.69, 9.17) is 21.1 Å². The molecule has 0 saturated carbocycles. The minimum Gasteiger partial charge on any atom is -0.493 e. The smallest absolute Gasteiger partial charge is 0.191 e. The first-order valence-electron chi connectivity index (χ1n) is 10.1. The van der Waals surface area contributed by atoms with Crippen molar-refractivity contribution in [3.63, 3.8) is 0 Å². The molecule has 0 bridgehead atoms. The average Bonchev–Trinajstić information content (AvgIpc) is 2.70. The van der Waals surface area contributed by atoms with E-state index in [1.807, 2.05) is 26.0 Å². The van der Waals surface area contributed by atoms with E-state index in [2.05, 4.69) is 29.5 Å². The summed E-state index contributed by atoms with van der Waals surface area (Å²) in [7, 11) is 1.60. The van der Waals surface area contributed by atoms with Crippen LogP contribution in [0.5, 0.6) is 11.5 Å². The fraction of sp³-hybridized carbons (Fsp3) is 0.667. The quantitative estimate of drug-likeness (QED) is 0.357. The number of aliphatic hydroxyl groups excluding tert-OH is 1. The molecule has 0 atom stereocenters. The van der Waals surface area contributed by atoms with Gasteiger partial charge in [-0.3, -0.25) is 0 Å². The Morgan fingerprint density at radius 3 is 2.43 bits per heavy atom. The topological polar surface area (TPSA) is 75.1 Å². The predicted molar refractivity (Wildman–Crippen MR) is 117 cm³/mol. The molecular weight excluding hydrogens is 378 g/mol. The minimum absolute atomic E-state index is 0.0661. The largest absolute Gasteiger partial charge is 0.493 e. The molecule has 0 saturated heterocycles. The van der Waals surface area contributed by atoms with Crippen LogP contribution in [0.25, 0.3) is 0 Å². The van der Waals surface area contributed by atoms with Crippen molar-refractivity contribution < 1.29 is 14.6 Å². The van der Waals surface area contributed by atoms with Crippen LogP contribution in [0, 0.1) is 5.41 Å². The summed E-state index contributed by atoms with van der Waals surface area (Å²) in [6, 6.07) is 3.76. The molecule has 160 valence electrons. The van der Waals surface area contributed by atoms with Crippen LogP contribution in [0.1, 0.15) is 52.5 Å². The maximum absolute atomic E-state index is 9.41. The highest BCUT2D eigenvalue weighted by molar-refractivity contribution is 6.32. The van der Waals surface area contributed by atoms with E-state index in [0.29, 0.717) is 29.7 Å². The van der Waals surface area contributed by atoms with Gasteiger partial charge in [-0.25, -0.2) is 4.99 Å². The monoisotopic (exact) mass is 413 g/mol. The standard InChI is InChI=1S/C21H36ClN3O3/c1-6-21(7-2,10-11-26)15-25-20(23-8-3)24-14-16-12-17(22)19(28-9-4)18(13-16)27-5/h12-13,26H,6-11,14-15H2,1-5H3,(H2,23,24,25). The lowest BCUT2D eigenvalue weighted by atomic mass is 9.79. The molecule has 0 aliphatic heterocycles. The maximum Gasteiger partial charge on any atom is 0.191 e. The highest BCUT2D eigenvalue weighted by atomic mass is 35.5. The molecule has 0 aliphatic carbocycles. The van der Waals surface area contributed by atoms with Gasteiger partial charge in [-0.05, 0) is 56.2 Å². The molecular formula is C21H36ClN3O3. The van der Waals surface area contributed by atoms with E-state index in [1.165, 1.54) is 0 Å². The van der Waals surface area contributed by atoms with Gasteiger partial charge in [0.2, 0.25) is 0 Å². The second-order valence-corrected chi connectivity index (χ2v) is 7.18. The molecule has 6 nitrogen and oxygen atoms in total. The molecule has 7 heteroatoms. The second kappa shape index (κ2) is 12.7. The zero-order valence-corrected chi connectivity index (χ0v) is 18.7. The Morgan fingerprint density at radius 1 is 1.18 bits per heavy atom. The van der Waals surface area contributed by atoms with Gasteiger partial charge in [0.1, 0.15) is 0 Å². The molecule has 0 aliphatic rings. The van der Waals surface area contributed by atoms with Crippen molar-refractivity contribution in [3.05, 3.63) is 22.7 Å². The normalized spacial score (nSPS) is 12.0. The molecule has 0 spiro atoms. The molecule has 1 rings (SSSR count). The third-order valence-electron chi connectivity index (χ3n) is 5.11. The van der Waals surface area contributed by atoms with Crippen molar-refractivity contribution in [2.45, 2.75) is 53.5 Å². The van der Waals surface area contributed by atoms with Gasteiger partial charge in [0.05, 0.1) is 25.3 Å². The second-order valence-electron chi connectivity index (χ2n) is 6.77. The lowest BCUT2D eigenvalue weighted by Crippen LogP contribution is -2.43. The van der Waals surface area contributed by atoms with Gasteiger partial charge in [-0.2, -0.15) is 0 Å². The van der Waals surface area contributed by atoms with Gasteiger partial charge in [0.15, 0.2) is 17.5 Å². The van der Waals surface area contributed by atoms with Crippen LogP contribution in [-0.2, 0) is 6.54 Å². The van der Waals surface area contributed by atoms with E-state index in [-0.39, 0.29) is 12.0 Å². The average molecular weight is 414 g/mol. The first-order valence-corrected chi connectivity index (χ1v) is 10.5. The molecule has 0 amide bonds. The number of halogens is 1. The zero-order chi connectivity index (χ0) is 21.0. The summed E-state index contributed by atoms with van der Waals surface area (Å²) in [6.45, 7) is 11.0. The molecule has 0 heterocycles. The first kappa shape index (κ1) is 24.4.